The minimum atomic E-state index is -0.939. The van der Waals surface area contributed by atoms with Crippen molar-refractivity contribution in [2.45, 2.75) is 45.6 Å². The average Bonchev–Trinajstić information content (AvgIpc) is 3.30. The number of carbonyl (C=O) groups is 2. The van der Waals surface area contributed by atoms with Crippen LogP contribution < -0.4 is 9.47 Å². The number of aromatic nitrogens is 1. The third-order valence-electron chi connectivity index (χ3n) is 6.79. The van der Waals surface area contributed by atoms with E-state index in [1.54, 1.807) is 10.6 Å². The van der Waals surface area contributed by atoms with Crippen LogP contribution in [0.3, 0.4) is 0 Å². The molecule has 4 aromatic rings. The fourth-order valence-corrected chi connectivity index (χ4v) is 5.17. The summed E-state index contributed by atoms with van der Waals surface area (Å²) in [6.07, 6.45) is 8.47. The van der Waals surface area contributed by atoms with Gasteiger partial charge in [0.25, 0.3) is 0 Å². The number of benzene rings is 3. The third-order valence-corrected chi connectivity index (χ3v) is 7.55. The lowest BCUT2D eigenvalue weighted by Crippen LogP contribution is -2.07. The minimum absolute atomic E-state index is 0.0674. The summed E-state index contributed by atoms with van der Waals surface area (Å²) in [5.74, 6) is -0.498. The summed E-state index contributed by atoms with van der Waals surface area (Å²) in [6.45, 7) is 2.77. The Hall–Kier alpha value is -3.94. The topological polar surface area (TPSA) is 98.0 Å². The summed E-state index contributed by atoms with van der Waals surface area (Å²) in [5.41, 5.74) is 4.53. The molecule has 0 aliphatic heterocycles. The zero-order valence-electron chi connectivity index (χ0n) is 23.3. The fourth-order valence-electron chi connectivity index (χ4n) is 4.69. The van der Waals surface area contributed by atoms with Crippen LogP contribution in [0, 0.1) is 6.92 Å². The van der Waals surface area contributed by atoms with E-state index < -0.39 is 11.9 Å². The maximum Gasteiger partial charge on any atom is 0.323 e. The van der Waals surface area contributed by atoms with Crippen LogP contribution in [0.1, 0.15) is 47.9 Å². The zero-order valence-corrected chi connectivity index (χ0v) is 24.8. The number of aliphatic carboxylic acids is 2. The van der Waals surface area contributed by atoms with Gasteiger partial charge < -0.3 is 24.3 Å². The molecule has 7 nitrogen and oxygen atoms in total. The number of halogens is 2. The highest BCUT2D eigenvalue weighted by molar-refractivity contribution is 6.37. The molecule has 0 spiro atoms. The highest BCUT2D eigenvalue weighted by atomic mass is 35.5. The molecule has 0 radical (unpaired) electrons. The lowest BCUT2D eigenvalue weighted by Gasteiger charge is -2.11. The van der Waals surface area contributed by atoms with Gasteiger partial charge in [0.2, 0.25) is 0 Å². The van der Waals surface area contributed by atoms with Crippen LogP contribution in [0.25, 0.3) is 23.1 Å². The van der Waals surface area contributed by atoms with Crippen molar-refractivity contribution >= 4 is 58.2 Å². The standard InChI is InChI=1S/C33H33Cl2NO6/c1-22-10-17-28(34)33(31(22)35)42-19-3-2-18-41-26-15-12-23(13-16-26)11-14-24-6-4-8-27-25(7-5-9-29(37)38)20-36(32(24)27)21-30(39)40/h4,6,8,10-17,20H,2-3,5,7,9,18-19,21H2,1H3,(H,37,38)(H,39,40). The van der Waals surface area contributed by atoms with Gasteiger partial charge in [0.05, 0.1) is 28.8 Å². The molecule has 9 heteroatoms. The van der Waals surface area contributed by atoms with Gasteiger partial charge in [-0.2, -0.15) is 0 Å². The maximum absolute atomic E-state index is 11.5. The van der Waals surface area contributed by atoms with Crippen LogP contribution in [0.2, 0.25) is 10.0 Å². The van der Waals surface area contributed by atoms with Crippen molar-refractivity contribution in [2.24, 2.45) is 0 Å². The van der Waals surface area contributed by atoms with Gasteiger partial charge in [-0.05, 0) is 73.1 Å². The van der Waals surface area contributed by atoms with E-state index in [-0.39, 0.29) is 13.0 Å². The molecule has 0 aliphatic rings. The second-order valence-electron chi connectivity index (χ2n) is 9.98. The van der Waals surface area contributed by atoms with E-state index in [1.807, 2.05) is 73.8 Å². The first-order chi connectivity index (χ1) is 20.2. The molecule has 0 fully saturated rings. The van der Waals surface area contributed by atoms with Gasteiger partial charge in [0, 0.05) is 18.0 Å². The number of rotatable bonds is 15. The molecular weight excluding hydrogens is 577 g/mol. The molecule has 4 rings (SSSR count). The molecular formula is C33H33Cl2NO6. The Morgan fingerprint density at radius 2 is 1.62 bits per heavy atom. The molecule has 42 heavy (non-hydrogen) atoms. The number of fused-ring (bicyclic) bond motifs is 1. The van der Waals surface area contributed by atoms with Crippen molar-refractivity contribution in [1.29, 1.82) is 0 Å². The molecule has 1 aromatic heterocycles. The Labute approximate surface area is 254 Å². The molecule has 0 saturated carbocycles. The molecule has 1 heterocycles. The second-order valence-corrected chi connectivity index (χ2v) is 10.8. The molecule has 0 saturated heterocycles. The molecule has 3 aromatic carbocycles. The lowest BCUT2D eigenvalue weighted by atomic mass is 10.0. The van der Waals surface area contributed by atoms with Crippen molar-refractivity contribution in [3.8, 4) is 11.5 Å². The third kappa shape index (κ3) is 8.30. The van der Waals surface area contributed by atoms with E-state index in [4.69, 9.17) is 37.8 Å². The first kappa shape index (κ1) is 31.0. The molecule has 0 unspecified atom stereocenters. The summed E-state index contributed by atoms with van der Waals surface area (Å²) in [6, 6.07) is 17.2. The van der Waals surface area contributed by atoms with Gasteiger partial charge in [-0.3, -0.25) is 9.59 Å². The number of para-hydroxylation sites is 1. The highest BCUT2D eigenvalue weighted by Crippen LogP contribution is 2.35. The number of aryl methyl sites for hydroxylation is 2. The number of hydrogen-bond donors (Lipinski definition) is 2. The van der Waals surface area contributed by atoms with E-state index >= 15 is 0 Å². The minimum Gasteiger partial charge on any atom is -0.494 e. The predicted octanol–water partition coefficient (Wildman–Crippen LogP) is 8.16. The van der Waals surface area contributed by atoms with E-state index in [1.165, 1.54) is 0 Å². The lowest BCUT2D eigenvalue weighted by molar-refractivity contribution is -0.138. The van der Waals surface area contributed by atoms with Gasteiger partial charge >= 0.3 is 11.9 Å². The number of carboxylic acid groups (broad SMARTS) is 2. The summed E-state index contributed by atoms with van der Waals surface area (Å²) >= 11 is 12.5. The monoisotopic (exact) mass is 609 g/mol. The van der Waals surface area contributed by atoms with Crippen molar-refractivity contribution in [2.75, 3.05) is 13.2 Å². The van der Waals surface area contributed by atoms with Gasteiger partial charge in [0.1, 0.15) is 12.3 Å². The number of carboxylic acids is 2. The number of unbranched alkanes of at least 4 members (excludes halogenated alkanes) is 1. The van der Waals surface area contributed by atoms with Crippen LogP contribution in [0.4, 0.5) is 0 Å². The van der Waals surface area contributed by atoms with Gasteiger partial charge in [-0.15, -0.1) is 0 Å². The van der Waals surface area contributed by atoms with Crippen LogP contribution in [-0.4, -0.2) is 39.9 Å². The summed E-state index contributed by atoms with van der Waals surface area (Å²) in [5, 5.41) is 20.4. The normalized spacial score (nSPS) is 11.3. The van der Waals surface area contributed by atoms with Gasteiger partial charge in [0.15, 0.2) is 5.75 Å². The van der Waals surface area contributed by atoms with Crippen LogP contribution in [0.5, 0.6) is 11.5 Å². The predicted molar refractivity (Wildman–Crippen MR) is 167 cm³/mol. The number of hydrogen-bond acceptors (Lipinski definition) is 4. The molecule has 0 atom stereocenters. The maximum atomic E-state index is 11.5. The average molecular weight is 611 g/mol. The Balaban J connectivity index is 1.34. The summed E-state index contributed by atoms with van der Waals surface area (Å²) in [4.78, 5) is 22.5. The van der Waals surface area contributed by atoms with Crippen molar-refractivity contribution in [3.63, 3.8) is 0 Å². The summed E-state index contributed by atoms with van der Waals surface area (Å²) < 4.78 is 13.4. The Bertz CT molecular complexity index is 1580. The molecule has 2 N–H and O–H groups in total. The van der Waals surface area contributed by atoms with Crippen LogP contribution in [0.15, 0.2) is 60.8 Å². The van der Waals surface area contributed by atoms with Gasteiger partial charge in [-0.1, -0.05) is 71.8 Å². The molecule has 220 valence electrons. The van der Waals surface area contributed by atoms with Crippen molar-refractivity contribution < 1.29 is 29.3 Å². The first-order valence-corrected chi connectivity index (χ1v) is 14.5. The SMILES string of the molecule is Cc1ccc(Cl)c(OCCCCOc2ccc(C=Cc3cccc4c(CCCC(=O)O)cn(CC(=O)O)c34)cc2)c1Cl. The summed E-state index contributed by atoms with van der Waals surface area (Å²) in [7, 11) is 0. The molecule has 0 bridgehead atoms. The van der Waals surface area contributed by atoms with E-state index in [9.17, 15) is 14.7 Å². The second kappa shape index (κ2) is 14.8. The van der Waals surface area contributed by atoms with Gasteiger partial charge in [-0.25, -0.2) is 0 Å². The van der Waals surface area contributed by atoms with Crippen molar-refractivity contribution in [1.82, 2.24) is 4.57 Å². The van der Waals surface area contributed by atoms with E-state index in [0.29, 0.717) is 41.9 Å². The Kier molecular flexibility index (Phi) is 10.9. The van der Waals surface area contributed by atoms with E-state index in [2.05, 4.69) is 0 Å². The number of ether oxygens (including phenoxy) is 2. The van der Waals surface area contributed by atoms with Crippen molar-refractivity contribution in [3.05, 3.63) is 93.1 Å². The molecule has 0 aliphatic carbocycles. The Morgan fingerprint density at radius 3 is 2.33 bits per heavy atom. The smallest absolute Gasteiger partial charge is 0.323 e. The Morgan fingerprint density at radius 1 is 0.881 bits per heavy atom. The quantitative estimate of drug-likeness (QED) is 0.104. The van der Waals surface area contributed by atoms with Crippen LogP contribution in [-0.2, 0) is 22.6 Å². The van der Waals surface area contributed by atoms with Crippen LogP contribution >= 0.6 is 23.2 Å². The fraction of sp³-hybridized carbons (Fsp3) is 0.273. The first-order valence-electron chi connectivity index (χ1n) is 13.8. The highest BCUT2D eigenvalue weighted by Gasteiger charge is 2.14. The molecule has 0 amide bonds. The zero-order chi connectivity index (χ0) is 30.1. The van der Waals surface area contributed by atoms with E-state index in [0.717, 1.165) is 51.7 Å². The number of nitrogens with zero attached hydrogens (tertiary/aromatic N) is 1. The largest absolute Gasteiger partial charge is 0.494 e.